The molecule has 1 atom stereocenters. The number of carbonyl (C=O) groups is 1. The highest BCUT2D eigenvalue weighted by molar-refractivity contribution is 6.05. The van der Waals surface area contributed by atoms with E-state index in [9.17, 15) is 4.79 Å². The van der Waals surface area contributed by atoms with Crippen LogP contribution < -0.4 is 19.7 Å². The van der Waals surface area contributed by atoms with Crippen LogP contribution in [0, 0.1) is 5.92 Å². The zero-order valence-electron chi connectivity index (χ0n) is 21.0. The Hall–Kier alpha value is -2.90. The van der Waals surface area contributed by atoms with Crippen molar-refractivity contribution in [2.45, 2.75) is 82.7 Å². The molecule has 8 nitrogen and oxygen atoms in total. The Balaban J connectivity index is 1.28. The topological polar surface area (TPSA) is 89.5 Å². The lowest BCUT2D eigenvalue weighted by atomic mass is 9.66. The summed E-state index contributed by atoms with van der Waals surface area (Å²) in [5.41, 5.74) is 1.48. The Morgan fingerprint density at radius 3 is 2.66 bits per heavy atom. The molecule has 0 saturated heterocycles. The Labute approximate surface area is 206 Å². The maximum atomic E-state index is 13.3. The minimum atomic E-state index is -0.764. The van der Waals surface area contributed by atoms with Gasteiger partial charge in [-0.3, -0.25) is 4.79 Å². The zero-order valence-corrected chi connectivity index (χ0v) is 21.0. The van der Waals surface area contributed by atoms with Gasteiger partial charge in [0.25, 0.3) is 0 Å². The molecule has 4 heterocycles. The number of hydrogen-bond donors (Lipinski definition) is 1. The summed E-state index contributed by atoms with van der Waals surface area (Å²) in [5, 5.41) is 11.5. The van der Waals surface area contributed by atoms with Crippen LogP contribution in [0.3, 0.4) is 0 Å². The summed E-state index contributed by atoms with van der Waals surface area (Å²) in [4.78, 5) is 20.4. The molecule has 4 aliphatic rings. The lowest BCUT2D eigenvalue weighted by molar-refractivity contribution is -0.120. The minimum Gasteiger partial charge on any atom is -0.492 e. The van der Waals surface area contributed by atoms with Gasteiger partial charge in [0, 0.05) is 35.7 Å². The molecule has 1 N–H and O–H groups in total. The Morgan fingerprint density at radius 2 is 1.94 bits per heavy atom. The molecule has 186 valence electrons. The smallest absolute Gasteiger partial charge is 0.237 e. The number of pyridine rings is 1. The maximum Gasteiger partial charge on any atom is 0.237 e. The van der Waals surface area contributed by atoms with Crippen LogP contribution in [0.4, 0.5) is 11.6 Å². The molecule has 35 heavy (non-hydrogen) atoms. The molecule has 1 spiro atoms. The van der Waals surface area contributed by atoms with Crippen molar-refractivity contribution < 1.29 is 14.3 Å². The first-order chi connectivity index (χ1) is 16.9. The molecule has 1 amide bonds. The molecule has 2 fully saturated rings. The fraction of sp³-hybridized carbons (Fsp3) is 0.630. The second-order valence-corrected chi connectivity index (χ2v) is 11.5. The minimum absolute atomic E-state index is 0.0483. The van der Waals surface area contributed by atoms with E-state index in [4.69, 9.17) is 14.5 Å². The van der Waals surface area contributed by atoms with E-state index >= 15 is 0 Å². The molecule has 0 radical (unpaired) electrons. The largest absolute Gasteiger partial charge is 0.492 e. The van der Waals surface area contributed by atoms with Crippen molar-refractivity contribution in [2.24, 2.45) is 5.92 Å². The Bertz CT molecular complexity index is 1140. The van der Waals surface area contributed by atoms with E-state index in [0.29, 0.717) is 30.8 Å². The summed E-state index contributed by atoms with van der Waals surface area (Å²) < 4.78 is 12.1. The fourth-order valence-corrected chi connectivity index (χ4v) is 6.14. The van der Waals surface area contributed by atoms with Crippen molar-refractivity contribution in [2.75, 3.05) is 29.9 Å². The van der Waals surface area contributed by atoms with Crippen LogP contribution in [-0.2, 0) is 15.6 Å². The predicted molar refractivity (Wildman–Crippen MR) is 133 cm³/mol. The van der Waals surface area contributed by atoms with E-state index in [0.717, 1.165) is 49.4 Å². The number of hydrogen-bond acceptors (Lipinski definition) is 7. The summed E-state index contributed by atoms with van der Waals surface area (Å²) in [6, 6.07) is 4.11. The van der Waals surface area contributed by atoms with Gasteiger partial charge in [-0.2, -0.15) is 0 Å². The van der Waals surface area contributed by atoms with Crippen molar-refractivity contribution >= 4 is 17.5 Å². The summed E-state index contributed by atoms with van der Waals surface area (Å²) in [6.45, 7) is 8.39. The molecule has 8 heteroatoms. The van der Waals surface area contributed by atoms with Crippen molar-refractivity contribution in [3.8, 4) is 11.6 Å². The molecule has 6 rings (SSSR count). The molecule has 2 aromatic heterocycles. The first-order valence-electron chi connectivity index (χ1n) is 13.1. The molecule has 2 aliphatic heterocycles. The van der Waals surface area contributed by atoms with Gasteiger partial charge in [-0.15, -0.1) is 10.2 Å². The molecule has 0 bridgehead atoms. The number of aromatic nitrogens is 3. The van der Waals surface area contributed by atoms with Gasteiger partial charge in [-0.1, -0.05) is 20.3 Å². The standard InChI is InChI=1S/C27H35N5O3/c1-17(2)14-34-19-11-21-24(28-13-19)32(16-27(21)9-6-10-27)15-26(3)20-12-22(35-18-7-4-5-8-18)30-31-23(20)29-25(26)33/h11-13,17-18H,4-10,14-16H2,1-3H3,(H,29,31,33). The van der Waals surface area contributed by atoms with Gasteiger partial charge in [-0.25, -0.2) is 4.98 Å². The van der Waals surface area contributed by atoms with Crippen LogP contribution in [0.5, 0.6) is 11.6 Å². The van der Waals surface area contributed by atoms with Crippen LogP contribution in [0.15, 0.2) is 18.3 Å². The molecule has 2 aliphatic carbocycles. The van der Waals surface area contributed by atoms with Gasteiger partial charge < -0.3 is 19.7 Å². The lowest BCUT2D eigenvalue weighted by Gasteiger charge is -2.39. The molecule has 2 aromatic rings. The Morgan fingerprint density at radius 1 is 1.14 bits per heavy atom. The molecule has 1 unspecified atom stereocenters. The van der Waals surface area contributed by atoms with Gasteiger partial charge in [0.05, 0.1) is 18.2 Å². The van der Waals surface area contributed by atoms with Gasteiger partial charge >= 0.3 is 0 Å². The number of anilines is 2. The maximum absolute atomic E-state index is 13.3. The quantitative estimate of drug-likeness (QED) is 0.633. The number of carbonyl (C=O) groups excluding carboxylic acids is 1. The van der Waals surface area contributed by atoms with E-state index in [2.05, 4.69) is 40.3 Å². The number of fused-ring (bicyclic) bond motifs is 3. The molecule has 2 saturated carbocycles. The predicted octanol–water partition coefficient (Wildman–Crippen LogP) is 4.38. The van der Waals surface area contributed by atoms with Crippen LogP contribution in [-0.4, -0.2) is 46.9 Å². The molecular weight excluding hydrogens is 442 g/mol. The first-order valence-corrected chi connectivity index (χ1v) is 13.1. The van der Waals surface area contributed by atoms with Crippen LogP contribution >= 0.6 is 0 Å². The van der Waals surface area contributed by atoms with Crippen molar-refractivity contribution in [3.05, 3.63) is 29.5 Å². The van der Waals surface area contributed by atoms with E-state index < -0.39 is 5.41 Å². The highest BCUT2D eigenvalue weighted by Crippen LogP contribution is 2.53. The second-order valence-electron chi connectivity index (χ2n) is 11.5. The van der Waals surface area contributed by atoms with E-state index in [-0.39, 0.29) is 17.4 Å². The number of ether oxygens (including phenoxy) is 2. The fourth-order valence-electron chi connectivity index (χ4n) is 6.14. The average Bonchev–Trinajstić information content (AvgIpc) is 3.49. The first kappa shape index (κ1) is 22.6. The highest BCUT2D eigenvalue weighted by atomic mass is 16.5. The highest BCUT2D eigenvalue weighted by Gasteiger charge is 2.52. The van der Waals surface area contributed by atoms with Crippen LogP contribution in [0.1, 0.15) is 76.8 Å². The number of rotatable bonds is 7. The SMILES string of the molecule is CC(C)COc1cnc2c(c1)C1(CCC1)CN2CC1(C)C(=O)Nc2nnc(OC3CCCC3)cc21. The summed E-state index contributed by atoms with van der Waals surface area (Å²) in [5.74, 6) is 3.29. The Kier molecular flexibility index (Phi) is 5.38. The van der Waals surface area contributed by atoms with Gasteiger partial charge in [0.1, 0.15) is 17.7 Å². The van der Waals surface area contributed by atoms with Crippen LogP contribution in [0.2, 0.25) is 0 Å². The molecule has 0 aromatic carbocycles. The average molecular weight is 478 g/mol. The van der Waals surface area contributed by atoms with E-state index in [1.54, 1.807) is 0 Å². The number of nitrogens with one attached hydrogen (secondary N) is 1. The normalized spacial score (nSPS) is 24.5. The molecular formula is C27H35N5O3. The second kappa shape index (κ2) is 8.35. The third-order valence-electron chi connectivity index (χ3n) is 8.30. The summed E-state index contributed by atoms with van der Waals surface area (Å²) >= 11 is 0. The van der Waals surface area contributed by atoms with Crippen molar-refractivity contribution in [1.29, 1.82) is 0 Å². The van der Waals surface area contributed by atoms with Gasteiger partial charge in [0.15, 0.2) is 5.82 Å². The van der Waals surface area contributed by atoms with Crippen LogP contribution in [0.25, 0.3) is 0 Å². The zero-order chi connectivity index (χ0) is 24.2. The van der Waals surface area contributed by atoms with Crippen molar-refractivity contribution in [3.63, 3.8) is 0 Å². The number of amides is 1. The third-order valence-corrected chi connectivity index (χ3v) is 8.30. The van der Waals surface area contributed by atoms with Gasteiger partial charge in [0.2, 0.25) is 11.8 Å². The lowest BCUT2D eigenvalue weighted by Crippen LogP contribution is -2.46. The van der Waals surface area contributed by atoms with Gasteiger partial charge in [-0.05, 0) is 57.4 Å². The van der Waals surface area contributed by atoms with E-state index in [1.165, 1.54) is 24.8 Å². The van der Waals surface area contributed by atoms with E-state index in [1.807, 2.05) is 19.2 Å². The summed E-state index contributed by atoms with van der Waals surface area (Å²) in [7, 11) is 0. The summed E-state index contributed by atoms with van der Waals surface area (Å²) in [6.07, 6.45) is 10.0. The number of nitrogens with zero attached hydrogens (tertiary/aromatic N) is 4. The monoisotopic (exact) mass is 477 g/mol. The third kappa shape index (κ3) is 3.81. The van der Waals surface area contributed by atoms with Crippen molar-refractivity contribution in [1.82, 2.24) is 15.2 Å².